The quantitative estimate of drug-likeness (QED) is 0.506. The molecule has 1 N–H and O–H groups in total. The zero-order valence-corrected chi connectivity index (χ0v) is 14.7. The van der Waals surface area contributed by atoms with Crippen LogP contribution >= 0.6 is 12.2 Å². The topological polar surface area (TPSA) is 41.6 Å². The number of thiocarbonyl (C=S) groups is 1. The van der Waals surface area contributed by atoms with E-state index in [1.165, 1.54) is 4.90 Å². The zero-order chi connectivity index (χ0) is 17.8. The van der Waals surface area contributed by atoms with E-state index in [1.54, 1.807) is 12.2 Å². The highest BCUT2D eigenvalue weighted by Crippen LogP contribution is 2.25. The summed E-state index contributed by atoms with van der Waals surface area (Å²) in [5.74, 6) is 0.497. The van der Waals surface area contributed by atoms with Crippen molar-refractivity contribution in [2.75, 3.05) is 11.5 Å². The van der Waals surface area contributed by atoms with E-state index in [-0.39, 0.29) is 5.91 Å². The predicted octanol–water partition coefficient (Wildman–Crippen LogP) is 3.82. The van der Waals surface area contributed by atoms with E-state index in [2.05, 4.69) is 11.9 Å². The third kappa shape index (κ3) is 3.61. The molecule has 1 aliphatic heterocycles. The van der Waals surface area contributed by atoms with Crippen molar-refractivity contribution < 1.29 is 9.53 Å². The normalized spacial score (nSPS) is 15.4. The first-order chi connectivity index (χ1) is 12.1. The van der Waals surface area contributed by atoms with Gasteiger partial charge in [-0.15, -0.1) is 0 Å². The molecule has 126 valence electrons. The van der Waals surface area contributed by atoms with Gasteiger partial charge in [0.05, 0.1) is 5.69 Å². The van der Waals surface area contributed by atoms with Crippen LogP contribution in [0, 0.1) is 6.92 Å². The molecule has 4 nitrogen and oxygen atoms in total. The highest BCUT2D eigenvalue weighted by atomic mass is 32.1. The van der Waals surface area contributed by atoms with E-state index < -0.39 is 0 Å². The van der Waals surface area contributed by atoms with Crippen LogP contribution in [0.15, 0.2) is 66.9 Å². The van der Waals surface area contributed by atoms with Gasteiger partial charge in [0, 0.05) is 5.56 Å². The second-order valence-electron chi connectivity index (χ2n) is 5.60. The van der Waals surface area contributed by atoms with Crippen LogP contribution in [0.5, 0.6) is 5.75 Å². The minimum absolute atomic E-state index is 0.188. The molecule has 1 aliphatic rings. The summed E-state index contributed by atoms with van der Waals surface area (Å²) < 4.78 is 5.64. The highest BCUT2D eigenvalue weighted by molar-refractivity contribution is 7.80. The van der Waals surface area contributed by atoms with E-state index in [0.717, 1.165) is 16.8 Å². The summed E-state index contributed by atoms with van der Waals surface area (Å²) in [6.07, 6.45) is 3.43. The Bertz CT molecular complexity index is 856. The molecule has 0 spiro atoms. The molecule has 0 unspecified atom stereocenters. The number of anilines is 1. The molecular formula is C20H18N2O2S. The van der Waals surface area contributed by atoms with Crippen LogP contribution in [-0.2, 0) is 4.79 Å². The van der Waals surface area contributed by atoms with Gasteiger partial charge in [0.2, 0.25) is 0 Å². The van der Waals surface area contributed by atoms with Crippen molar-refractivity contribution in [1.82, 2.24) is 5.32 Å². The second kappa shape index (κ2) is 7.32. The van der Waals surface area contributed by atoms with Crippen LogP contribution in [-0.4, -0.2) is 17.6 Å². The lowest BCUT2D eigenvalue weighted by Crippen LogP contribution is -2.30. The van der Waals surface area contributed by atoms with Crippen LogP contribution < -0.4 is 15.0 Å². The van der Waals surface area contributed by atoms with Crippen molar-refractivity contribution in [2.45, 2.75) is 6.92 Å². The van der Waals surface area contributed by atoms with Crippen LogP contribution in [0.4, 0.5) is 5.69 Å². The standard InChI is InChI=1S/C20H18N2O2S/c1-3-12-24-18-7-5-4-6-15(18)13-17-19(23)22(20(25)21-17)16-10-8-14(2)9-11-16/h3-11,13H,1,12H2,2H3,(H,21,25)/b17-13+. The molecule has 1 amide bonds. The molecule has 0 bridgehead atoms. The largest absolute Gasteiger partial charge is 0.489 e. The molecule has 0 saturated carbocycles. The molecule has 0 aromatic heterocycles. The summed E-state index contributed by atoms with van der Waals surface area (Å²) >= 11 is 5.34. The van der Waals surface area contributed by atoms with Gasteiger partial charge >= 0.3 is 0 Å². The first kappa shape index (κ1) is 16.9. The van der Waals surface area contributed by atoms with Gasteiger partial charge in [-0.05, 0) is 43.4 Å². The Hall–Kier alpha value is -2.92. The van der Waals surface area contributed by atoms with E-state index in [0.29, 0.717) is 23.2 Å². The summed E-state index contributed by atoms with van der Waals surface area (Å²) in [5, 5.41) is 3.36. The number of para-hydroxylation sites is 1. The van der Waals surface area contributed by atoms with Gasteiger partial charge < -0.3 is 10.1 Å². The van der Waals surface area contributed by atoms with Gasteiger partial charge in [0.25, 0.3) is 5.91 Å². The fourth-order valence-electron chi connectivity index (χ4n) is 2.50. The Balaban J connectivity index is 1.91. The predicted molar refractivity (Wildman–Crippen MR) is 105 cm³/mol. The van der Waals surface area contributed by atoms with Crippen molar-refractivity contribution >= 4 is 35.0 Å². The lowest BCUT2D eigenvalue weighted by molar-refractivity contribution is -0.113. The number of aryl methyl sites for hydroxylation is 1. The van der Waals surface area contributed by atoms with Crippen molar-refractivity contribution in [2.24, 2.45) is 0 Å². The number of hydrogen-bond acceptors (Lipinski definition) is 3. The molecule has 1 heterocycles. The third-order valence-corrected chi connectivity index (χ3v) is 4.03. The maximum Gasteiger partial charge on any atom is 0.281 e. The molecular weight excluding hydrogens is 332 g/mol. The number of amides is 1. The number of ether oxygens (including phenoxy) is 1. The molecule has 1 saturated heterocycles. The number of nitrogens with one attached hydrogen (secondary N) is 1. The number of carbonyl (C=O) groups excluding carboxylic acids is 1. The molecule has 2 aromatic carbocycles. The van der Waals surface area contributed by atoms with Crippen molar-refractivity contribution in [3.63, 3.8) is 0 Å². The lowest BCUT2D eigenvalue weighted by Gasteiger charge is -2.14. The minimum Gasteiger partial charge on any atom is -0.489 e. The number of hydrogen-bond donors (Lipinski definition) is 1. The first-order valence-corrected chi connectivity index (χ1v) is 8.27. The van der Waals surface area contributed by atoms with E-state index >= 15 is 0 Å². The van der Waals surface area contributed by atoms with Crippen LogP contribution in [0.25, 0.3) is 6.08 Å². The fraction of sp³-hybridized carbons (Fsp3) is 0.100. The number of benzene rings is 2. The number of carbonyl (C=O) groups is 1. The van der Waals surface area contributed by atoms with Gasteiger partial charge in [0.1, 0.15) is 18.1 Å². The zero-order valence-electron chi connectivity index (χ0n) is 13.9. The molecule has 0 aliphatic carbocycles. The Morgan fingerprint density at radius 2 is 1.92 bits per heavy atom. The molecule has 1 fully saturated rings. The molecule has 3 rings (SSSR count). The Morgan fingerprint density at radius 1 is 1.20 bits per heavy atom. The van der Waals surface area contributed by atoms with Crippen molar-refractivity contribution in [3.05, 3.63) is 78.0 Å². The molecule has 0 atom stereocenters. The fourth-order valence-corrected chi connectivity index (χ4v) is 2.80. The summed E-state index contributed by atoms with van der Waals surface area (Å²) in [4.78, 5) is 14.3. The molecule has 5 heteroatoms. The third-order valence-electron chi connectivity index (χ3n) is 3.75. The van der Waals surface area contributed by atoms with Gasteiger partial charge in [-0.2, -0.15) is 0 Å². The maximum absolute atomic E-state index is 12.8. The van der Waals surface area contributed by atoms with E-state index in [1.807, 2.05) is 55.5 Å². The molecule has 0 radical (unpaired) electrons. The Labute approximate surface area is 152 Å². The first-order valence-electron chi connectivity index (χ1n) is 7.86. The second-order valence-corrected chi connectivity index (χ2v) is 5.99. The maximum atomic E-state index is 12.8. The van der Waals surface area contributed by atoms with Gasteiger partial charge in [-0.3, -0.25) is 9.69 Å². The summed E-state index contributed by atoms with van der Waals surface area (Å²) in [5.41, 5.74) is 3.08. The van der Waals surface area contributed by atoms with Crippen LogP contribution in [0.2, 0.25) is 0 Å². The number of nitrogens with zero attached hydrogens (tertiary/aromatic N) is 1. The van der Waals surface area contributed by atoms with Gasteiger partial charge in [0.15, 0.2) is 5.11 Å². The summed E-state index contributed by atoms with van der Waals surface area (Å²) in [6, 6.07) is 15.2. The van der Waals surface area contributed by atoms with E-state index in [4.69, 9.17) is 17.0 Å². The average Bonchev–Trinajstić information content (AvgIpc) is 2.89. The lowest BCUT2D eigenvalue weighted by atomic mass is 10.1. The van der Waals surface area contributed by atoms with Crippen molar-refractivity contribution in [1.29, 1.82) is 0 Å². The Kier molecular flexibility index (Phi) is 4.95. The summed E-state index contributed by atoms with van der Waals surface area (Å²) in [6.45, 7) is 6.05. The smallest absolute Gasteiger partial charge is 0.281 e. The van der Waals surface area contributed by atoms with Gasteiger partial charge in [-0.25, -0.2) is 0 Å². The highest BCUT2D eigenvalue weighted by Gasteiger charge is 2.32. The SMILES string of the molecule is C=CCOc1ccccc1/C=C1/NC(=S)N(c2ccc(C)cc2)C1=O. The number of rotatable bonds is 5. The van der Waals surface area contributed by atoms with Crippen LogP contribution in [0.3, 0.4) is 0 Å². The van der Waals surface area contributed by atoms with E-state index in [9.17, 15) is 4.79 Å². The van der Waals surface area contributed by atoms with Crippen LogP contribution in [0.1, 0.15) is 11.1 Å². The molecule has 25 heavy (non-hydrogen) atoms. The van der Waals surface area contributed by atoms with Gasteiger partial charge in [-0.1, -0.05) is 48.6 Å². The molecule has 2 aromatic rings. The monoisotopic (exact) mass is 350 g/mol. The minimum atomic E-state index is -0.188. The average molecular weight is 350 g/mol. The Morgan fingerprint density at radius 3 is 2.64 bits per heavy atom. The van der Waals surface area contributed by atoms with Crippen molar-refractivity contribution in [3.8, 4) is 5.75 Å². The summed E-state index contributed by atoms with van der Waals surface area (Å²) in [7, 11) is 0.